The maximum atomic E-state index is 11.1. The number of thiocarbonyl (C=S) groups is 1. The van der Waals surface area contributed by atoms with Gasteiger partial charge in [0.1, 0.15) is 11.6 Å². The summed E-state index contributed by atoms with van der Waals surface area (Å²) in [5.74, 6) is 2.89. The Morgan fingerprint density at radius 2 is 1.51 bits per heavy atom. The number of nitrogens with one attached hydrogen (secondary N) is 1. The number of hydrogen-bond acceptors (Lipinski definition) is 10. The second-order valence-electron chi connectivity index (χ2n) is 10.0. The van der Waals surface area contributed by atoms with Gasteiger partial charge in [0.25, 0.3) is 5.69 Å². The van der Waals surface area contributed by atoms with Gasteiger partial charge in [-0.25, -0.2) is 4.98 Å². The van der Waals surface area contributed by atoms with Crippen molar-refractivity contribution in [2.45, 2.75) is 25.7 Å². The van der Waals surface area contributed by atoms with Crippen molar-refractivity contribution in [2.75, 3.05) is 72.4 Å². The predicted octanol–water partition coefficient (Wildman–Crippen LogP) is 4.23. The minimum Gasteiger partial charge on any atom is -0.356 e. The molecule has 5 heterocycles. The van der Waals surface area contributed by atoms with Crippen molar-refractivity contribution in [3.05, 3.63) is 45.8 Å². The zero-order valence-corrected chi connectivity index (χ0v) is 23.3. The molecular weight excluding hydrogens is 534 g/mol. The van der Waals surface area contributed by atoms with E-state index in [9.17, 15) is 10.1 Å². The Bertz CT molecular complexity index is 1310. The first kappa shape index (κ1) is 25.7. The molecule has 0 spiro atoms. The number of nitro groups is 1. The van der Waals surface area contributed by atoms with Crippen molar-refractivity contribution in [3.8, 4) is 11.3 Å². The summed E-state index contributed by atoms with van der Waals surface area (Å²) in [5.41, 5.74) is 1.44. The molecule has 0 atom stereocenters. The number of anilines is 4. The Morgan fingerprint density at radius 1 is 0.872 bits per heavy atom. The molecule has 6 rings (SSSR count). The first-order chi connectivity index (χ1) is 19.0. The Balaban J connectivity index is 1.10. The Morgan fingerprint density at radius 3 is 2.18 bits per heavy atom. The molecule has 3 fully saturated rings. The van der Waals surface area contributed by atoms with Gasteiger partial charge >= 0.3 is 0 Å². The highest BCUT2D eigenvalue weighted by Gasteiger charge is 2.25. The van der Waals surface area contributed by atoms with Gasteiger partial charge in [-0.1, -0.05) is 12.1 Å². The van der Waals surface area contributed by atoms with Gasteiger partial charge in [-0.2, -0.15) is 9.97 Å². The molecule has 0 amide bonds. The highest BCUT2D eigenvalue weighted by Crippen LogP contribution is 2.29. The third-order valence-corrected chi connectivity index (χ3v) is 8.59. The van der Waals surface area contributed by atoms with Crippen molar-refractivity contribution in [1.29, 1.82) is 0 Å². The lowest BCUT2D eigenvalue weighted by Gasteiger charge is -2.37. The van der Waals surface area contributed by atoms with Crippen LogP contribution in [-0.4, -0.2) is 82.2 Å². The quantitative estimate of drug-likeness (QED) is 0.264. The number of non-ortho nitro benzene ring substituents is 1. The summed E-state index contributed by atoms with van der Waals surface area (Å²) >= 11 is 7.15. The minimum absolute atomic E-state index is 0.0483. The minimum atomic E-state index is -0.397. The molecule has 3 aliphatic heterocycles. The zero-order chi connectivity index (χ0) is 26.8. The summed E-state index contributed by atoms with van der Waals surface area (Å²) in [6, 6.07) is 8.66. The average molecular weight is 566 g/mol. The molecule has 204 valence electrons. The number of aromatic nitrogens is 3. The second-order valence-corrected chi connectivity index (χ2v) is 11.3. The van der Waals surface area contributed by atoms with Gasteiger partial charge in [0, 0.05) is 81.5 Å². The molecule has 1 aromatic carbocycles. The van der Waals surface area contributed by atoms with Crippen LogP contribution in [0, 0.1) is 10.1 Å². The summed E-state index contributed by atoms with van der Waals surface area (Å²) in [6.45, 7) is 7.34. The van der Waals surface area contributed by atoms with Crippen LogP contribution in [0.5, 0.6) is 0 Å². The molecule has 3 aromatic rings. The zero-order valence-electron chi connectivity index (χ0n) is 21.7. The molecule has 3 saturated heterocycles. The van der Waals surface area contributed by atoms with Crippen LogP contribution in [0.2, 0.25) is 0 Å². The number of piperazine rings is 1. The summed E-state index contributed by atoms with van der Waals surface area (Å²) in [6.07, 6.45) is 4.82. The van der Waals surface area contributed by atoms with Gasteiger partial charge in [0.15, 0.2) is 10.2 Å². The lowest BCUT2D eigenvalue weighted by molar-refractivity contribution is -0.384. The summed E-state index contributed by atoms with van der Waals surface area (Å²) in [4.78, 5) is 34.5. The molecule has 0 saturated carbocycles. The number of nitrogens with zero attached hydrogens (tertiary/aromatic N) is 8. The summed E-state index contributed by atoms with van der Waals surface area (Å²) in [7, 11) is 0. The van der Waals surface area contributed by atoms with Crippen LogP contribution in [0.3, 0.4) is 0 Å². The molecule has 0 unspecified atom stereocenters. The van der Waals surface area contributed by atoms with Crippen LogP contribution < -0.4 is 20.0 Å². The lowest BCUT2D eigenvalue weighted by atomic mass is 10.1. The van der Waals surface area contributed by atoms with Crippen molar-refractivity contribution in [3.63, 3.8) is 0 Å². The van der Waals surface area contributed by atoms with Gasteiger partial charge < -0.3 is 24.9 Å². The SMILES string of the molecule is O=[N+]([O-])c1cccc(-c2csc(NC(=S)N3CCN(c4cc(N5CCCC5)nc(N5CCCC5)n4)CC3)n2)c1. The largest absolute Gasteiger partial charge is 0.356 e. The molecular formula is C26H31N9O2S2. The van der Waals surface area contributed by atoms with E-state index in [4.69, 9.17) is 22.2 Å². The van der Waals surface area contributed by atoms with Crippen molar-refractivity contribution < 1.29 is 4.92 Å². The molecule has 11 nitrogen and oxygen atoms in total. The standard InChI is InChI=1S/C26H31N9O2S2/c36-35(37)20-7-5-6-19(16-20)21-18-39-25(27-21)30-26(38)34-14-12-32(13-15-34)23-17-22(31-8-1-2-9-31)28-24(29-23)33-10-3-4-11-33/h5-7,16-18H,1-4,8-15H2,(H,27,30,38). The van der Waals surface area contributed by atoms with E-state index >= 15 is 0 Å². The third-order valence-electron chi connectivity index (χ3n) is 7.47. The van der Waals surface area contributed by atoms with Gasteiger partial charge in [-0.3, -0.25) is 10.1 Å². The topological polar surface area (TPSA) is 107 Å². The van der Waals surface area contributed by atoms with E-state index in [1.165, 1.54) is 49.2 Å². The molecule has 39 heavy (non-hydrogen) atoms. The van der Waals surface area contributed by atoms with Gasteiger partial charge in [0.2, 0.25) is 5.95 Å². The number of benzene rings is 1. The highest BCUT2D eigenvalue weighted by atomic mass is 32.1. The van der Waals surface area contributed by atoms with Crippen LogP contribution >= 0.6 is 23.6 Å². The van der Waals surface area contributed by atoms with Gasteiger partial charge in [0.05, 0.1) is 10.6 Å². The number of nitro benzene ring substituents is 1. The van der Waals surface area contributed by atoms with Gasteiger partial charge in [-0.05, 0) is 37.9 Å². The normalized spacial score (nSPS) is 17.6. The highest BCUT2D eigenvalue weighted by molar-refractivity contribution is 7.80. The molecule has 13 heteroatoms. The van der Waals surface area contributed by atoms with Crippen molar-refractivity contribution in [1.82, 2.24) is 19.9 Å². The smallest absolute Gasteiger partial charge is 0.270 e. The monoisotopic (exact) mass is 565 g/mol. The van der Waals surface area contributed by atoms with E-state index in [-0.39, 0.29) is 5.69 Å². The van der Waals surface area contributed by atoms with Crippen molar-refractivity contribution in [2.24, 2.45) is 0 Å². The maximum absolute atomic E-state index is 11.1. The second kappa shape index (κ2) is 11.3. The summed E-state index contributed by atoms with van der Waals surface area (Å²) < 4.78 is 0. The van der Waals surface area contributed by atoms with E-state index in [1.54, 1.807) is 6.07 Å². The Kier molecular flexibility index (Phi) is 7.42. The van der Waals surface area contributed by atoms with E-state index in [0.29, 0.717) is 21.5 Å². The molecule has 0 radical (unpaired) electrons. The van der Waals surface area contributed by atoms with Gasteiger partial charge in [-0.15, -0.1) is 11.3 Å². The first-order valence-electron chi connectivity index (χ1n) is 13.4. The fraction of sp³-hybridized carbons (Fsp3) is 0.462. The molecule has 2 aromatic heterocycles. The fourth-order valence-electron chi connectivity index (χ4n) is 5.29. The third kappa shape index (κ3) is 5.74. The summed E-state index contributed by atoms with van der Waals surface area (Å²) in [5, 5.41) is 17.6. The van der Waals surface area contributed by atoms with Crippen LogP contribution in [0.25, 0.3) is 11.3 Å². The van der Waals surface area contributed by atoms with E-state index in [0.717, 1.165) is 69.9 Å². The molecule has 0 aliphatic carbocycles. The molecule has 0 bridgehead atoms. The van der Waals surface area contributed by atoms with Crippen molar-refractivity contribution >= 4 is 57.1 Å². The lowest BCUT2D eigenvalue weighted by Crippen LogP contribution is -2.50. The fourth-order valence-corrected chi connectivity index (χ4v) is 6.35. The number of hydrogen-bond donors (Lipinski definition) is 1. The maximum Gasteiger partial charge on any atom is 0.270 e. The molecule has 1 N–H and O–H groups in total. The van der Waals surface area contributed by atoms with E-state index < -0.39 is 4.92 Å². The first-order valence-corrected chi connectivity index (χ1v) is 14.7. The Labute approximate surface area is 236 Å². The van der Waals surface area contributed by atoms with Crippen LogP contribution in [0.4, 0.5) is 28.4 Å². The van der Waals surface area contributed by atoms with E-state index in [2.05, 4.69) is 36.0 Å². The Hall–Kier alpha value is -3.58. The van der Waals surface area contributed by atoms with Crippen LogP contribution in [0.15, 0.2) is 35.7 Å². The average Bonchev–Trinajstić information content (AvgIpc) is 3.76. The number of rotatable bonds is 6. The predicted molar refractivity (Wildman–Crippen MR) is 159 cm³/mol. The molecule has 3 aliphatic rings. The van der Waals surface area contributed by atoms with E-state index in [1.807, 2.05) is 11.4 Å². The van der Waals surface area contributed by atoms with Crippen LogP contribution in [-0.2, 0) is 0 Å². The van der Waals surface area contributed by atoms with Crippen LogP contribution in [0.1, 0.15) is 25.7 Å². The number of thiazole rings is 1.